The molecule has 0 unspecified atom stereocenters. The third-order valence-corrected chi connectivity index (χ3v) is 3.06. The number of amides is 1. The Morgan fingerprint density at radius 1 is 1.24 bits per heavy atom. The van der Waals surface area contributed by atoms with Crippen LogP contribution in [0.3, 0.4) is 0 Å². The Bertz CT molecular complexity index is 687. The molecule has 0 saturated heterocycles. The van der Waals surface area contributed by atoms with Crippen molar-refractivity contribution in [3.05, 3.63) is 35.5 Å². The van der Waals surface area contributed by atoms with Crippen molar-refractivity contribution >= 4 is 11.6 Å². The molecule has 0 aliphatic carbocycles. The molecule has 2 rings (SSSR count). The summed E-state index contributed by atoms with van der Waals surface area (Å²) >= 11 is 0. The monoisotopic (exact) mass is 293 g/mol. The molecule has 6 heteroatoms. The summed E-state index contributed by atoms with van der Waals surface area (Å²) in [5.74, 6) is -2.07. The highest BCUT2D eigenvalue weighted by Crippen LogP contribution is 2.30. The lowest BCUT2D eigenvalue weighted by Gasteiger charge is -2.18. The van der Waals surface area contributed by atoms with Gasteiger partial charge in [-0.3, -0.25) is 9.89 Å². The second kappa shape index (κ2) is 5.27. The lowest BCUT2D eigenvalue weighted by Crippen LogP contribution is -2.28. The standard InChI is InChI=1S/C15H17F2N3O/c1-8-12(18-14(21)15(2,3)4)13(20-19-8)9-5-6-10(16)11(17)7-9/h5-7H,1-4H3,(H,18,21)(H,19,20). The number of aryl methyl sites for hydroxylation is 1. The largest absolute Gasteiger partial charge is 0.322 e. The fourth-order valence-electron chi connectivity index (χ4n) is 1.74. The molecule has 2 aromatic rings. The molecule has 112 valence electrons. The molecule has 0 radical (unpaired) electrons. The number of nitrogens with one attached hydrogen (secondary N) is 2. The summed E-state index contributed by atoms with van der Waals surface area (Å²) in [5.41, 5.74) is 1.31. The number of nitrogens with zero attached hydrogens (tertiary/aromatic N) is 1. The van der Waals surface area contributed by atoms with Crippen molar-refractivity contribution in [2.45, 2.75) is 27.7 Å². The maximum absolute atomic E-state index is 13.4. The summed E-state index contributed by atoms with van der Waals surface area (Å²) in [7, 11) is 0. The van der Waals surface area contributed by atoms with E-state index < -0.39 is 17.0 Å². The number of aromatic nitrogens is 2. The second-order valence-electron chi connectivity index (χ2n) is 5.91. The summed E-state index contributed by atoms with van der Waals surface area (Å²) < 4.78 is 26.4. The SMILES string of the molecule is Cc1[nH]nc(-c2ccc(F)c(F)c2)c1NC(=O)C(C)(C)C. The highest BCUT2D eigenvalue weighted by molar-refractivity contribution is 5.98. The van der Waals surface area contributed by atoms with Gasteiger partial charge in [-0.05, 0) is 25.1 Å². The van der Waals surface area contributed by atoms with Gasteiger partial charge in [-0.2, -0.15) is 5.10 Å². The van der Waals surface area contributed by atoms with E-state index in [4.69, 9.17) is 0 Å². The first-order valence-corrected chi connectivity index (χ1v) is 6.52. The molecule has 0 atom stereocenters. The minimum absolute atomic E-state index is 0.184. The number of carbonyl (C=O) groups is 1. The minimum atomic E-state index is -0.957. The van der Waals surface area contributed by atoms with Crippen LogP contribution in [0.1, 0.15) is 26.5 Å². The van der Waals surface area contributed by atoms with E-state index >= 15 is 0 Å². The third kappa shape index (κ3) is 3.09. The molecule has 4 nitrogen and oxygen atoms in total. The van der Waals surface area contributed by atoms with E-state index in [1.165, 1.54) is 6.07 Å². The lowest BCUT2D eigenvalue weighted by atomic mass is 9.95. The molecular formula is C15H17F2N3O. The predicted octanol–water partition coefficient (Wildman–Crippen LogP) is 3.65. The molecule has 0 aliphatic heterocycles. The number of aromatic amines is 1. The Labute approximate surface area is 121 Å². The summed E-state index contributed by atoms with van der Waals surface area (Å²) in [5, 5.41) is 9.59. The smallest absolute Gasteiger partial charge is 0.229 e. The number of hydrogen-bond donors (Lipinski definition) is 2. The normalized spacial score (nSPS) is 11.5. The maximum Gasteiger partial charge on any atom is 0.229 e. The van der Waals surface area contributed by atoms with Crippen molar-refractivity contribution in [3.8, 4) is 11.3 Å². The lowest BCUT2D eigenvalue weighted by molar-refractivity contribution is -0.123. The molecule has 1 aromatic carbocycles. The van der Waals surface area contributed by atoms with Gasteiger partial charge in [-0.25, -0.2) is 8.78 Å². The molecule has 0 spiro atoms. The first kappa shape index (κ1) is 15.2. The van der Waals surface area contributed by atoms with E-state index in [1.54, 1.807) is 27.7 Å². The van der Waals surface area contributed by atoms with Crippen molar-refractivity contribution in [1.82, 2.24) is 10.2 Å². The van der Waals surface area contributed by atoms with Gasteiger partial charge >= 0.3 is 0 Å². The van der Waals surface area contributed by atoms with Gasteiger partial charge in [-0.1, -0.05) is 20.8 Å². The Balaban J connectivity index is 2.42. The second-order valence-corrected chi connectivity index (χ2v) is 5.91. The Hall–Kier alpha value is -2.24. The van der Waals surface area contributed by atoms with Crippen LogP contribution >= 0.6 is 0 Å². The zero-order valence-corrected chi connectivity index (χ0v) is 12.3. The molecule has 2 N–H and O–H groups in total. The predicted molar refractivity (Wildman–Crippen MR) is 76.8 cm³/mol. The topological polar surface area (TPSA) is 57.8 Å². The maximum atomic E-state index is 13.4. The Morgan fingerprint density at radius 3 is 2.48 bits per heavy atom. The molecule has 0 aliphatic rings. The van der Waals surface area contributed by atoms with Gasteiger partial charge in [0.2, 0.25) is 5.91 Å². The van der Waals surface area contributed by atoms with Crippen LogP contribution in [-0.2, 0) is 4.79 Å². The molecule has 0 saturated carbocycles. The van der Waals surface area contributed by atoms with Gasteiger partial charge in [0.1, 0.15) is 5.69 Å². The average molecular weight is 293 g/mol. The number of H-pyrrole nitrogens is 1. The van der Waals surface area contributed by atoms with Crippen molar-refractivity contribution in [3.63, 3.8) is 0 Å². The van der Waals surface area contributed by atoms with E-state index in [1.807, 2.05) is 0 Å². The van der Waals surface area contributed by atoms with Crippen molar-refractivity contribution < 1.29 is 13.6 Å². The number of benzene rings is 1. The molecule has 1 heterocycles. The van der Waals surface area contributed by atoms with Gasteiger partial charge < -0.3 is 5.32 Å². The van der Waals surface area contributed by atoms with Crippen LogP contribution in [0.2, 0.25) is 0 Å². The van der Waals surface area contributed by atoms with Gasteiger partial charge in [0.05, 0.1) is 11.4 Å². The van der Waals surface area contributed by atoms with E-state index in [9.17, 15) is 13.6 Å². The van der Waals surface area contributed by atoms with Crippen LogP contribution in [0.25, 0.3) is 11.3 Å². The molecule has 21 heavy (non-hydrogen) atoms. The molecule has 1 amide bonds. The van der Waals surface area contributed by atoms with Crippen LogP contribution in [0.5, 0.6) is 0 Å². The number of hydrogen-bond acceptors (Lipinski definition) is 2. The molecule has 1 aromatic heterocycles. The molecular weight excluding hydrogens is 276 g/mol. The zero-order chi connectivity index (χ0) is 15.8. The first-order chi connectivity index (χ1) is 9.70. The van der Waals surface area contributed by atoms with Gasteiger partial charge in [0.25, 0.3) is 0 Å². The van der Waals surface area contributed by atoms with Crippen LogP contribution in [0.15, 0.2) is 18.2 Å². The Kier molecular flexibility index (Phi) is 3.80. The highest BCUT2D eigenvalue weighted by atomic mass is 19.2. The number of carbonyl (C=O) groups excluding carboxylic acids is 1. The van der Waals surface area contributed by atoms with Crippen LogP contribution in [-0.4, -0.2) is 16.1 Å². The minimum Gasteiger partial charge on any atom is -0.322 e. The number of anilines is 1. The highest BCUT2D eigenvalue weighted by Gasteiger charge is 2.24. The fraction of sp³-hybridized carbons (Fsp3) is 0.333. The molecule has 0 fully saturated rings. The summed E-state index contributed by atoms with van der Waals surface area (Å²) in [6, 6.07) is 3.50. The van der Waals surface area contributed by atoms with Gasteiger partial charge in [0, 0.05) is 11.0 Å². The summed E-state index contributed by atoms with van der Waals surface area (Å²) in [6.07, 6.45) is 0. The van der Waals surface area contributed by atoms with E-state index in [0.29, 0.717) is 22.6 Å². The van der Waals surface area contributed by atoms with Crippen molar-refractivity contribution in [1.29, 1.82) is 0 Å². The Morgan fingerprint density at radius 2 is 1.90 bits per heavy atom. The van der Waals surface area contributed by atoms with Crippen molar-refractivity contribution in [2.24, 2.45) is 5.41 Å². The van der Waals surface area contributed by atoms with Crippen LogP contribution < -0.4 is 5.32 Å². The number of rotatable bonds is 2. The van der Waals surface area contributed by atoms with Crippen molar-refractivity contribution in [2.75, 3.05) is 5.32 Å². The van der Waals surface area contributed by atoms with E-state index in [-0.39, 0.29) is 5.91 Å². The van der Waals surface area contributed by atoms with Crippen LogP contribution in [0, 0.1) is 24.0 Å². The van der Waals surface area contributed by atoms with E-state index in [2.05, 4.69) is 15.5 Å². The summed E-state index contributed by atoms with van der Waals surface area (Å²) in [6.45, 7) is 7.10. The van der Waals surface area contributed by atoms with E-state index in [0.717, 1.165) is 12.1 Å². The third-order valence-electron chi connectivity index (χ3n) is 3.06. The average Bonchev–Trinajstić information content (AvgIpc) is 2.73. The first-order valence-electron chi connectivity index (χ1n) is 6.52. The van der Waals surface area contributed by atoms with Gasteiger partial charge in [0.15, 0.2) is 11.6 Å². The zero-order valence-electron chi connectivity index (χ0n) is 12.3. The van der Waals surface area contributed by atoms with Gasteiger partial charge in [-0.15, -0.1) is 0 Å². The molecule has 0 bridgehead atoms. The van der Waals surface area contributed by atoms with Crippen LogP contribution in [0.4, 0.5) is 14.5 Å². The number of halogens is 2. The summed E-state index contributed by atoms with van der Waals surface area (Å²) in [4.78, 5) is 12.1. The quantitative estimate of drug-likeness (QED) is 0.888. The fourth-order valence-corrected chi connectivity index (χ4v) is 1.74.